The molecule has 0 heterocycles. The Labute approximate surface area is 147 Å². The largest absolute Gasteiger partial charge is 0.382 e. The Bertz CT molecular complexity index is 459. The summed E-state index contributed by atoms with van der Waals surface area (Å²) in [5, 5.41) is 0. The molecule has 1 aliphatic rings. The Balaban J connectivity index is 3.09. The fourth-order valence-electron chi connectivity index (χ4n) is 2.42. The Kier molecular flexibility index (Phi) is 6.26. The summed E-state index contributed by atoms with van der Waals surface area (Å²) in [5.74, 6) is -25.5. The van der Waals surface area contributed by atoms with E-state index in [0.717, 1.165) is 19.3 Å². The van der Waals surface area contributed by atoms with Crippen molar-refractivity contribution in [2.75, 3.05) is 0 Å². The second-order valence-corrected chi connectivity index (χ2v) is 7.15. The second-order valence-electron chi connectivity index (χ2n) is 5.76. The summed E-state index contributed by atoms with van der Waals surface area (Å²) in [6.07, 6.45) is 2.84. The van der Waals surface area contributed by atoms with Gasteiger partial charge in [0.2, 0.25) is 0 Å². The molecule has 1 aliphatic carbocycles. The predicted octanol–water partition coefficient (Wildman–Crippen LogP) is 6.93. The van der Waals surface area contributed by atoms with E-state index < -0.39 is 39.0 Å². The molecule has 0 nitrogen and oxygen atoms in total. The molecule has 1 fully saturated rings. The lowest BCUT2D eigenvalue weighted by molar-refractivity contribution is -0.303. The lowest BCUT2D eigenvalue weighted by Crippen LogP contribution is -2.53. The number of hydrogen-bond acceptors (Lipinski definition) is 0. The summed E-state index contributed by atoms with van der Waals surface area (Å²) in [4.78, 5) is 0. The van der Waals surface area contributed by atoms with Crippen LogP contribution in [0.15, 0.2) is 9.66 Å². The minimum atomic E-state index is -6.51. The third-order valence-electron chi connectivity index (χ3n) is 3.97. The number of hydrogen-bond donors (Lipinski definition) is 0. The van der Waals surface area contributed by atoms with E-state index in [1.54, 1.807) is 0 Å². The maximum atomic E-state index is 14.2. The number of allylic oxidation sites excluding steroid dienone is 2. The molecule has 0 bridgehead atoms. The summed E-state index contributed by atoms with van der Waals surface area (Å²) >= 11 is 1.22. The molecule has 0 spiro atoms. The first-order valence-corrected chi connectivity index (χ1v) is 8.36. The van der Waals surface area contributed by atoms with Gasteiger partial charge < -0.3 is 0 Å². The highest BCUT2D eigenvalue weighted by Crippen LogP contribution is 2.69. The molecule has 24 heavy (non-hydrogen) atoms. The van der Waals surface area contributed by atoms with Crippen molar-refractivity contribution in [2.45, 2.75) is 74.8 Å². The van der Waals surface area contributed by atoms with Crippen molar-refractivity contribution in [2.24, 2.45) is 0 Å². The van der Waals surface area contributed by atoms with Crippen molar-refractivity contribution >= 4 is 22.6 Å². The van der Waals surface area contributed by atoms with Crippen molar-refractivity contribution < 1.29 is 39.5 Å². The maximum absolute atomic E-state index is 14.2. The minimum absolute atomic E-state index is 0.140. The molecule has 0 aromatic heterocycles. The van der Waals surface area contributed by atoms with E-state index in [0.29, 0.717) is 12.8 Å². The van der Waals surface area contributed by atoms with Crippen LogP contribution in [-0.2, 0) is 0 Å². The van der Waals surface area contributed by atoms with E-state index in [-0.39, 0.29) is 6.42 Å². The second kappa shape index (κ2) is 6.86. The normalized spacial score (nSPS) is 26.5. The van der Waals surface area contributed by atoms with Crippen molar-refractivity contribution in [3.63, 3.8) is 0 Å². The molecule has 10 heteroatoms. The molecule has 142 valence electrons. The van der Waals surface area contributed by atoms with Crippen molar-refractivity contribution in [1.29, 1.82) is 0 Å². The highest BCUT2D eigenvalue weighted by molar-refractivity contribution is 14.1. The van der Waals surface area contributed by atoms with E-state index in [1.165, 1.54) is 22.6 Å². The van der Waals surface area contributed by atoms with Gasteiger partial charge in [0.25, 0.3) is 5.67 Å². The van der Waals surface area contributed by atoms with Gasteiger partial charge in [-0.3, -0.25) is 0 Å². The topological polar surface area (TPSA) is 0 Å². The third-order valence-corrected chi connectivity index (χ3v) is 4.82. The molecule has 1 saturated carbocycles. The molecule has 0 N–H and O–H groups in total. The van der Waals surface area contributed by atoms with Gasteiger partial charge in [0.05, 0.1) is 0 Å². The van der Waals surface area contributed by atoms with E-state index in [2.05, 4.69) is 0 Å². The summed E-state index contributed by atoms with van der Waals surface area (Å²) in [6.45, 7) is 1.93. The zero-order valence-corrected chi connectivity index (χ0v) is 14.8. The molecule has 0 saturated heterocycles. The molecule has 0 aromatic carbocycles. The number of rotatable bonds is 7. The Morgan fingerprint density at radius 1 is 0.708 bits per heavy atom. The summed E-state index contributed by atoms with van der Waals surface area (Å²) in [7, 11) is 0. The molecule has 0 aromatic rings. The van der Waals surface area contributed by atoms with Crippen LogP contribution in [0.5, 0.6) is 0 Å². The lowest BCUT2D eigenvalue weighted by atomic mass is 9.95. The van der Waals surface area contributed by atoms with Crippen LogP contribution in [0, 0.1) is 0 Å². The molecule has 0 aliphatic heterocycles. The van der Waals surface area contributed by atoms with Gasteiger partial charge in [0, 0.05) is 0 Å². The Hall–Kier alpha value is -0.160. The molecule has 0 radical (unpaired) electrons. The Morgan fingerprint density at radius 3 is 1.54 bits per heavy atom. The first-order valence-electron chi connectivity index (χ1n) is 7.28. The van der Waals surface area contributed by atoms with Crippen molar-refractivity contribution in [3.8, 4) is 0 Å². The van der Waals surface area contributed by atoms with Crippen LogP contribution in [0.3, 0.4) is 0 Å². The quantitative estimate of drug-likeness (QED) is 0.210. The van der Waals surface area contributed by atoms with E-state index in [1.807, 2.05) is 6.92 Å². The molecule has 0 atom stereocenters. The standard InChI is InChI=1S/C14H16F9I/c1-2-3-4-5-6-7-9(24)8-10(15)11(16,17)13(20,21)14(22,23)12(10,18)19/h8H,2-7H2,1H3. The highest BCUT2D eigenvalue weighted by atomic mass is 127. The first-order chi connectivity index (χ1) is 10.7. The highest BCUT2D eigenvalue weighted by Gasteiger charge is 3.00. The van der Waals surface area contributed by atoms with Crippen LogP contribution in [0.2, 0.25) is 0 Å². The Morgan fingerprint density at radius 2 is 1.12 bits per heavy atom. The number of alkyl halides is 9. The van der Waals surface area contributed by atoms with Gasteiger partial charge in [-0.1, -0.05) is 32.6 Å². The van der Waals surface area contributed by atoms with E-state index >= 15 is 0 Å². The van der Waals surface area contributed by atoms with Crippen LogP contribution >= 0.6 is 22.6 Å². The molecule has 1 rings (SSSR count). The van der Waals surface area contributed by atoms with Gasteiger partial charge in [-0.15, -0.1) is 0 Å². The average molecular weight is 482 g/mol. The molecular weight excluding hydrogens is 466 g/mol. The zero-order valence-electron chi connectivity index (χ0n) is 12.6. The fourth-order valence-corrected chi connectivity index (χ4v) is 3.23. The van der Waals surface area contributed by atoms with Gasteiger partial charge >= 0.3 is 23.7 Å². The SMILES string of the molecule is CCCCCCCC(I)=CC1(F)C(F)(F)C(F)(F)C(F)(F)C1(F)F. The van der Waals surface area contributed by atoms with Gasteiger partial charge in [0.15, 0.2) is 0 Å². The summed E-state index contributed by atoms with van der Waals surface area (Å²) in [6, 6.07) is 0. The smallest absolute Gasteiger partial charge is 0.225 e. The van der Waals surface area contributed by atoms with Crippen molar-refractivity contribution in [3.05, 3.63) is 9.66 Å². The third kappa shape index (κ3) is 2.94. The van der Waals surface area contributed by atoms with Gasteiger partial charge in [-0.25, -0.2) is 4.39 Å². The molecular formula is C14H16F9I. The number of unbranched alkanes of at least 4 members (excludes halogenated alkanes) is 4. The van der Waals surface area contributed by atoms with Crippen LogP contribution in [0.4, 0.5) is 39.5 Å². The van der Waals surface area contributed by atoms with Gasteiger partial charge in [-0.2, -0.15) is 35.1 Å². The fraction of sp³-hybridized carbons (Fsp3) is 0.857. The van der Waals surface area contributed by atoms with E-state index in [9.17, 15) is 39.5 Å². The summed E-state index contributed by atoms with van der Waals surface area (Å²) in [5.41, 5.74) is -5.47. The zero-order chi connectivity index (χ0) is 19.0. The first kappa shape index (κ1) is 21.9. The maximum Gasteiger partial charge on any atom is 0.382 e. The van der Waals surface area contributed by atoms with Gasteiger partial charge in [-0.05, 0) is 45.1 Å². The van der Waals surface area contributed by atoms with Crippen LogP contribution in [-0.4, -0.2) is 29.4 Å². The van der Waals surface area contributed by atoms with E-state index in [4.69, 9.17) is 0 Å². The van der Waals surface area contributed by atoms with Crippen LogP contribution in [0.25, 0.3) is 0 Å². The average Bonchev–Trinajstić information content (AvgIpc) is 2.49. The van der Waals surface area contributed by atoms with Gasteiger partial charge in [0.1, 0.15) is 0 Å². The minimum Gasteiger partial charge on any atom is -0.225 e. The van der Waals surface area contributed by atoms with Crippen LogP contribution < -0.4 is 0 Å². The molecule has 0 amide bonds. The summed E-state index contributed by atoms with van der Waals surface area (Å²) < 4.78 is 120. The lowest BCUT2D eigenvalue weighted by Gasteiger charge is -2.28. The molecule has 0 unspecified atom stereocenters. The number of halogens is 10. The monoisotopic (exact) mass is 482 g/mol. The van der Waals surface area contributed by atoms with Crippen molar-refractivity contribution in [1.82, 2.24) is 0 Å². The predicted molar refractivity (Wildman–Crippen MR) is 79.1 cm³/mol. The van der Waals surface area contributed by atoms with Crippen LogP contribution in [0.1, 0.15) is 45.4 Å².